The maximum atomic E-state index is 12.1. The Morgan fingerprint density at radius 2 is 1.74 bits per heavy atom. The first kappa shape index (κ1) is 15.7. The van der Waals surface area contributed by atoms with E-state index < -0.39 is 35.8 Å². The molecule has 0 bridgehead atoms. The van der Waals surface area contributed by atoms with Crippen molar-refractivity contribution >= 4 is 12.1 Å². The first-order valence-corrected chi connectivity index (χ1v) is 6.18. The Balaban J connectivity index is 2.60. The lowest BCUT2D eigenvalue weighted by Crippen LogP contribution is -2.60. The van der Waals surface area contributed by atoms with Gasteiger partial charge in [0.1, 0.15) is 12.6 Å². The van der Waals surface area contributed by atoms with Crippen LogP contribution in [0.1, 0.15) is 40.5 Å². The first-order valence-electron chi connectivity index (χ1n) is 6.18. The minimum Gasteiger partial charge on any atom is -0.480 e. The molecule has 7 nitrogen and oxygen atoms in total. The number of carboxylic acid groups (broad SMARTS) is 1. The van der Waals surface area contributed by atoms with Gasteiger partial charge >= 0.3 is 12.1 Å². The van der Waals surface area contributed by atoms with E-state index in [9.17, 15) is 14.8 Å². The normalized spacial score (nSPS) is 22.8. The molecule has 1 saturated heterocycles. The predicted octanol–water partition coefficient (Wildman–Crippen LogP) is 1.16. The van der Waals surface area contributed by atoms with Crippen LogP contribution < -0.4 is 5.32 Å². The van der Waals surface area contributed by atoms with Gasteiger partial charge in [0, 0.05) is 23.9 Å². The molecule has 19 heavy (non-hydrogen) atoms. The number of carboxylic acids is 1. The van der Waals surface area contributed by atoms with Crippen molar-refractivity contribution in [3.05, 3.63) is 0 Å². The number of ether oxygens (including phenoxy) is 1. The minimum absolute atomic E-state index is 0.399. The zero-order valence-electron chi connectivity index (χ0n) is 11.7. The summed E-state index contributed by atoms with van der Waals surface area (Å²) in [4.78, 5) is 21.8. The third kappa shape index (κ3) is 4.07. The summed E-state index contributed by atoms with van der Waals surface area (Å²) >= 11 is 0. The van der Waals surface area contributed by atoms with Crippen molar-refractivity contribution < 1.29 is 24.6 Å². The van der Waals surface area contributed by atoms with Crippen LogP contribution in [0.15, 0.2) is 0 Å². The van der Waals surface area contributed by atoms with Gasteiger partial charge in [-0.05, 0) is 27.7 Å². The van der Waals surface area contributed by atoms with Crippen LogP contribution in [0.4, 0.5) is 4.79 Å². The fraction of sp³-hybridized carbons (Fsp3) is 0.833. The lowest BCUT2D eigenvalue weighted by molar-refractivity contribution is -0.298. The van der Waals surface area contributed by atoms with E-state index in [0.29, 0.717) is 12.8 Å². The summed E-state index contributed by atoms with van der Waals surface area (Å²) in [6.45, 7) is 6.71. The Kier molecular flexibility index (Phi) is 4.42. The average Bonchev–Trinajstić information content (AvgIpc) is 2.22. The van der Waals surface area contributed by atoms with Gasteiger partial charge in [-0.3, -0.25) is 4.79 Å². The van der Waals surface area contributed by atoms with Crippen LogP contribution in [0.25, 0.3) is 0 Å². The molecule has 0 aliphatic carbocycles. The maximum Gasteiger partial charge on any atom is 0.407 e. The summed E-state index contributed by atoms with van der Waals surface area (Å²) in [6, 6.07) is 0. The van der Waals surface area contributed by atoms with Gasteiger partial charge in [0.2, 0.25) is 0 Å². The van der Waals surface area contributed by atoms with Gasteiger partial charge in [-0.1, -0.05) is 0 Å². The van der Waals surface area contributed by atoms with E-state index in [2.05, 4.69) is 5.32 Å². The quantitative estimate of drug-likeness (QED) is 0.804. The van der Waals surface area contributed by atoms with Crippen molar-refractivity contribution in [3.63, 3.8) is 0 Å². The molecule has 1 heterocycles. The second-order valence-corrected chi connectivity index (χ2v) is 6.10. The molecule has 1 aliphatic heterocycles. The van der Waals surface area contributed by atoms with Crippen LogP contribution in [0.5, 0.6) is 0 Å². The summed E-state index contributed by atoms with van der Waals surface area (Å²) in [6.07, 6.45) is -0.330. The van der Waals surface area contributed by atoms with Gasteiger partial charge < -0.3 is 15.2 Å². The van der Waals surface area contributed by atoms with E-state index in [-0.39, 0.29) is 0 Å². The molecule has 0 aromatic heterocycles. The van der Waals surface area contributed by atoms with E-state index in [0.717, 1.165) is 5.06 Å². The molecular formula is C12H21N2O5. The third-order valence-corrected chi connectivity index (χ3v) is 3.21. The molecule has 0 saturated carbocycles. The second kappa shape index (κ2) is 5.34. The lowest BCUT2D eigenvalue weighted by Gasteiger charge is -2.49. The molecule has 109 valence electrons. The number of amides is 1. The number of rotatable bonds is 3. The zero-order valence-corrected chi connectivity index (χ0v) is 11.7. The largest absolute Gasteiger partial charge is 0.480 e. The number of nitrogens with one attached hydrogen (secondary N) is 1. The van der Waals surface area contributed by atoms with Gasteiger partial charge in [-0.15, -0.1) is 10.3 Å². The van der Waals surface area contributed by atoms with E-state index in [1.54, 1.807) is 27.7 Å². The topological polar surface area (TPSA) is 98.8 Å². The molecule has 7 heteroatoms. The highest BCUT2D eigenvalue weighted by molar-refractivity contribution is 5.76. The molecule has 1 rings (SSSR count). The van der Waals surface area contributed by atoms with Gasteiger partial charge in [-0.2, -0.15) is 0 Å². The Morgan fingerprint density at radius 1 is 1.26 bits per heavy atom. The molecule has 1 aliphatic rings. The van der Waals surface area contributed by atoms with E-state index in [1.165, 1.54) is 0 Å². The summed E-state index contributed by atoms with van der Waals surface area (Å²) in [5, 5.41) is 23.7. The van der Waals surface area contributed by atoms with Crippen molar-refractivity contribution in [3.8, 4) is 0 Å². The number of carbonyl (C=O) groups is 2. The number of alkyl carbamates (subject to hydrolysis) is 1. The zero-order chi connectivity index (χ0) is 14.8. The molecule has 0 spiro atoms. The number of aliphatic carboxylic acids is 1. The smallest absolute Gasteiger partial charge is 0.407 e. The number of hydrogen-bond acceptors (Lipinski definition) is 4. The van der Waals surface area contributed by atoms with E-state index in [4.69, 9.17) is 9.84 Å². The lowest BCUT2D eigenvalue weighted by atomic mass is 9.80. The number of hydroxylamine groups is 2. The second-order valence-electron chi connectivity index (χ2n) is 6.10. The van der Waals surface area contributed by atoms with Crippen molar-refractivity contribution in [1.82, 2.24) is 10.4 Å². The van der Waals surface area contributed by atoms with Gasteiger partial charge in [0.15, 0.2) is 0 Å². The summed E-state index contributed by atoms with van der Waals surface area (Å²) < 4.78 is 5.18. The molecule has 1 amide bonds. The van der Waals surface area contributed by atoms with E-state index in [1.807, 2.05) is 0 Å². The standard InChI is InChI=1S/C12H21N2O5/c1-11(2)5-8(6-12(3,4)14(11)18)19-10(17)13-7-9(15)16/h8H,5-7H2,1-4H3,(H,13,17)(H,15,16). The van der Waals surface area contributed by atoms with Crippen LogP contribution in [-0.4, -0.2) is 46.0 Å². The van der Waals surface area contributed by atoms with Crippen molar-refractivity contribution in [2.24, 2.45) is 0 Å². The van der Waals surface area contributed by atoms with Crippen molar-refractivity contribution in [2.45, 2.75) is 57.7 Å². The van der Waals surface area contributed by atoms with Crippen LogP contribution in [0, 0.1) is 0 Å². The molecule has 2 N–H and O–H groups in total. The third-order valence-electron chi connectivity index (χ3n) is 3.21. The van der Waals surface area contributed by atoms with Gasteiger partial charge in [0.25, 0.3) is 0 Å². The molecule has 0 aromatic carbocycles. The number of hydrogen-bond donors (Lipinski definition) is 2. The van der Waals surface area contributed by atoms with Gasteiger partial charge in [0.05, 0.1) is 0 Å². The van der Waals surface area contributed by atoms with E-state index >= 15 is 0 Å². The number of carbonyl (C=O) groups excluding carboxylic acids is 1. The fourth-order valence-corrected chi connectivity index (χ4v) is 2.60. The van der Waals surface area contributed by atoms with Crippen molar-refractivity contribution in [2.75, 3.05) is 6.54 Å². The first-order chi connectivity index (χ1) is 8.54. The highest BCUT2D eigenvalue weighted by atomic mass is 16.6. The predicted molar refractivity (Wildman–Crippen MR) is 65.8 cm³/mol. The molecule has 0 unspecified atom stereocenters. The fourth-order valence-electron chi connectivity index (χ4n) is 2.60. The molecule has 0 atom stereocenters. The highest BCUT2D eigenvalue weighted by Gasteiger charge is 2.47. The Hall–Kier alpha value is -1.34. The summed E-state index contributed by atoms with van der Waals surface area (Å²) in [5.41, 5.74) is -1.25. The van der Waals surface area contributed by atoms with Crippen LogP contribution in [0.3, 0.4) is 0 Å². The molecule has 1 radical (unpaired) electrons. The Labute approximate surface area is 112 Å². The van der Waals surface area contributed by atoms with Gasteiger partial charge in [-0.25, -0.2) is 4.79 Å². The average molecular weight is 273 g/mol. The van der Waals surface area contributed by atoms with Crippen molar-refractivity contribution in [1.29, 1.82) is 0 Å². The summed E-state index contributed by atoms with van der Waals surface area (Å²) in [7, 11) is 0. The molecular weight excluding hydrogens is 252 g/mol. The monoisotopic (exact) mass is 273 g/mol. The Bertz CT molecular complexity index is 349. The maximum absolute atomic E-state index is 12.1. The van der Waals surface area contributed by atoms with Crippen LogP contribution in [0.2, 0.25) is 0 Å². The molecule has 1 fully saturated rings. The molecule has 0 aromatic rings. The van der Waals surface area contributed by atoms with Crippen LogP contribution >= 0.6 is 0 Å². The number of piperidine rings is 1. The minimum atomic E-state index is -1.13. The van der Waals surface area contributed by atoms with Crippen LogP contribution in [-0.2, 0) is 14.7 Å². The number of nitrogens with zero attached hydrogens (tertiary/aromatic N) is 1. The SMILES string of the molecule is CC1(C)CC(OC(=O)NCC(=O)O)CC(C)(C)N1[O]. The summed E-state index contributed by atoms with van der Waals surface area (Å²) in [5.74, 6) is -1.13. The highest BCUT2D eigenvalue weighted by Crippen LogP contribution is 2.38. The Morgan fingerprint density at radius 3 is 2.16 bits per heavy atom.